The number of ether oxygens (including phenoxy) is 1. The maximum atomic E-state index is 12.2. The molecule has 2 aliphatic carbocycles. The molecule has 2 aliphatic rings. The first kappa shape index (κ1) is 25.3. The maximum absolute atomic E-state index is 12.2. The van der Waals surface area contributed by atoms with Crippen LogP contribution >= 0.6 is 0 Å². The van der Waals surface area contributed by atoms with Crippen molar-refractivity contribution in [3.63, 3.8) is 0 Å². The second-order valence-corrected chi connectivity index (χ2v) is 10.5. The summed E-state index contributed by atoms with van der Waals surface area (Å²) in [5, 5.41) is 0. The highest BCUT2D eigenvalue weighted by Crippen LogP contribution is 2.41. The number of hydrogen-bond acceptors (Lipinski definition) is 1. The molecule has 0 heterocycles. The van der Waals surface area contributed by atoms with Crippen LogP contribution in [0.25, 0.3) is 0 Å². The summed E-state index contributed by atoms with van der Waals surface area (Å²) in [5.41, 5.74) is 3.12. The van der Waals surface area contributed by atoms with E-state index in [4.69, 9.17) is 4.74 Å². The van der Waals surface area contributed by atoms with Crippen LogP contribution in [0, 0.1) is 17.8 Å². The van der Waals surface area contributed by atoms with E-state index in [1.54, 1.807) is 18.2 Å². The van der Waals surface area contributed by atoms with E-state index in [9.17, 15) is 4.39 Å². The molecule has 0 unspecified atom stereocenters. The van der Waals surface area contributed by atoms with E-state index in [-0.39, 0.29) is 6.67 Å². The van der Waals surface area contributed by atoms with E-state index in [1.165, 1.54) is 77.0 Å². The van der Waals surface area contributed by atoms with Crippen LogP contribution in [0.5, 0.6) is 5.75 Å². The number of unbranched alkanes of at least 4 members (excludes halogenated alkanes) is 2. The second-order valence-electron chi connectivity index (χ2n) is 10.5. The smallest absolute Gasteiger partial charge is 0.119 e. The lowest BCUT2D eigenvalue weighted by Crippen LogP contribution is -2.17. The zero-order chi connectivity index (χ0) is 22.6. The van der Waals surface area contributed by atoms with Gasteiger partial charge in [0.2, 0.25) is 0 Å². The molecule has 3 rings (SSSR count). The Morgan fingerprint density at radius 2 is 1.62 bits per heavy atom. The summed E-state index contributed by atoms with van der Waals surface area (Å²) in [7, 11) is 1.79. The highest BCUT2D eigenvalue weighted by Gasteiger charge is 2.26. The number of aryl methyl sites for hydroxylation is 1. The first-order valence-corrected chi connectivity index (χ1v) is 13.6. The Morgan fingerprint density at radius 1 is 0.938 bits per heavy atom. The van der Waals surface area contributed by atoms with Gasteiger partial charge in [0.25, 0.3) is 0 Å². The predicted molar refractivity (Wildman–Crippen MR) is 135 cm³/mol. The number of hydrogen-bond donors (Lipinski definition) is 0. The van der Waals surface area contributed by atoms with E-state index in [0.29, 0.717) is 0 Å². The van der Waals surface area contributed by atoms with Gasteiger partial charge >= 0.3 is 0 Å². The van der Waals surface area contributed by atoms with Crippen molar-refractivity contribution in [2.24, 2.45) is 17.8 Å². The Morgan fingerprint density at radius 3 is 2.25 bits per heavy atom. The molecule has 0 aromatic heterocycles. The lowest BCUT2D eigenvalue weighted by atomic mass is 9.73. The first-order chi connectivity index (χ1) is 15.7. The average molecular weight is 443 g/mol. The van der Waals surface area contributed by atoms with Crippen molar-refractivity contribution in [3.05, 3.63) is 41.5 Å². The largest absolute Gasteiger partial charge is 0.497 e. The van der Waals surface area contributed by atoms with Crippen LogP contribution in [0.4, 0.5) is 4.39 Å². The van der Waals surface area contributed by atoms with Crippen LogP contribution < -0.4 is 4.74 Å². The van der Waals surface area contributed by atoms with Gasteiger partial charge < -0.3 is 4.74 Å². The highest BCUT2D eigenvalue weighted by atomic mass is 19.1. The van der Waals surface area contributed by atoms with Gasteiger partial charge in [-0.15, -0.1) is 0 Å². The SMILES string of the molecule is CCCc1ccc(OC)cc1C1CCC(CC[C@H]2CC[C@H](/C=C/CCCCF)CC2)CC1. The van der Waals surface area contributed by atoms with Gasteiger partial charge in [-0.3, -0.25) is 4.39 Å². The summed E-state index contributed by atoms with van der Waals surface area (Å²) >= 11 is 0. The third-order valence-electron chi connectivity index (χ3n) is 8.20. The molecule has 0 bridgehead atoms. The minimum Gasteiger partial charge on any atom is -0.497 e. The Bertz CT molecular complexity index is 665. The van der Waals surface area contributed by atoms with Crippen LogP contribution in [-0.4, -0.2) is 13.8 Å². The van der Waals surface area contributed by atoms with E-state index in [0.717, 1.165) is 48.7 Å². The second kappa shape index (κ2) is 14.1. The molecule has 2 fully saturated rings. The van der Waals surface area contributed by atoms with Gasteiger partial charge in [0, 0.05) is 0 Å². The molecular formula is C30H47FO. The molecule has 0 N–H and O–H groups in total. The molecule has 0 aliphatic heterocycles. The summed E-state index contributed by atoms with van der Waals surface area (Å²) in [6.07, 6.45) is 23.9. The topological polar surface area (TPSA) is 9.23 Å². The van der Waals surface area contributed by atoms with Crippen molar-refractivity contribution in [1.29, 1.82) is 0 Å². The Balaban J connectivity index is 1.37. The van der Waals surface area contributed by atoms with E-state index in [2.05, 4.69) is 37.3 Å². The van der Waals surface area contributed by atoms with Gasteiger partial charge in [-0.1, -0.05) is 44.4 Å². The molecule has 180 valence electrons. The summed E-state index contributed by atoms with van der Waals surface area (Å²) in [5.74, 6) is 4.44. The monoisotopic (exact) mass is 442 g/mol. The molecule has 0 saturated heterocycles. The quantitative estimate of drug-likeness (QED) is 0.231. The molecule has 1 nitrogen and oxygen atoms in total. The summed E-state index contributed by atoms with van der Waals surface area (Å²) in [6.45, 7) is 2.12. The van der Waals surface area contributed by atoms with Gasteiger partial charge in [-0.25, -0.2) is 0 Å². The third kappa shape index (κ3) is 7.92. The van der Waals surface area contributed by atoms with Crippen LogP contribution in [0.3, 0.4) is 0 Å². The molecule has 32 heavy (non-hydrogen) atoms. The molecule has 0 atom stereocenters. The Kier molecular flexibility index (Phi) is 11.1. The lowest BCUT2D eigenvalue weighted by molar-refractivity contribution is 0.245. The molecule has 1 aromatic carbocycles. The zero-order valence-corrected chi connectivity index (χ0v) is 20.8. The third-order valence-corrected chi connectivity index (χ3v) is 8.20. The highest BCUT2D eigenvalue weighted by molar-refractivity contribution is 5.38. The number of methoxy groups -OCH3 is 1. The Labute approximate surface area is 197 Å². The van der Waals surface area contributed by atoms with Gasteiger partial charge in [0.1, 0.15) is 5.75 Å². The van der Waals surface area contributed by atoms with Crippen molar-refractivity contribution in [2.45, 2.75) is 109 Å². The first-order valence-electron chi connectivity index (χ1n) is 13.6. The number of allylic oxidation sites excluding steroid dienone is 2. The molecule has 2 heteroatoms. The fourth-order valence-corrected chi connectivity index (χ4v) is 6.13. The fourth-order valence-electron chi connectivity index (χ4n) is 6.13. The van der Waals surface area contributed by atoms with Crippen LogP contribution in [0.1, 0.15) is 114 Å². The van der Waals surface area contributed by atoms with Crippen LogP contribution in [0.15, 0.2) is 30.4 Å². The predicted octanol–water partition coefficient (Wildman–Crippen LogP) is 9.20. The molecule has 2 saturated carbocycles. The molecule has 1 aromatic rings. The summed E-state index contributed by atoms with van der Waals surface area (Å²) in [6, 6.07) is 6.76. The van der Waals surface area contributed by atoms with Crippen LogP contribution in [-0.2, 0) is 6.42 Å². The fraction of sp³-hybridized carbons (Fsp3) is 0.733. The van der Waals surface area contributed by atoms with Crippen molar-refractivity contribution in [1.82, 2.24) is 0 Å². The van der Waals surface area contributed by atoms with Crippen molar-refractivity contribution in [2.75, 3.05) is 13.8 Å². The number of halogens is 1. The molecule has 0 amide bonds. The number of benzene rings is 1. The summed E-state index contributed by atoms with van der Waals surface area (Å²) < 4.78 is 17.7. The van der Waals surface area contributed by atoms with E-state index in [1.807, 2.05) is 0 Å². The van der Waals surface area contributed by atoms with E-state index < -0.39 is 0 Å². The van der Waals surface area contributed by atoms with Gasteiger partial charge in [0.05, 0.1) is 13.8 Å². The number of rotatable bonds is 12. The van der Waals surface area contributed by atoms with Crippen LogP contribution in [0.2, 0.25) is 0 Å². The van der Waals surface area contributed by atoms with Gasteiger partial charge in [0.15, 0.2) is 0 Å². The normalized spacial score (nSPS) is 26.5. The standard InChI is InChI=1S/C30H47FO/c1-3-8-27-20-21-29(32-2)23-30(27)28-18-16-26(17-19-28)15-14-25-12-10-24(11-13-25)9-6-4-5-7-22-31/h6,9,20-21,23-26,28H,3-5,7-8,10-19,22H2,1-2H3/b9-6+/t24-,25-,26?,28?. The maximum Gasteiger partial charge on any atom is 0.119 e. The molecule has 0 radical (unpaired) electrons. The minimum absolute atomic E-state index is 0.165. The van der Waals surface area contributed by atoms with Crippen molar-refractivity contribution >= 4 is 0 Å². The zero-order valence-electron chi connectivity index (χ0n) is 20.8. The minimum atomic E-state index is -0.165. The number of alkyl halides is 1. The van der Waals surface area contributed by atoms with Gasteiger partial charge in [-0.2, -0.15) is 0 Å². The molecular weight excluding hydrogens is 395 g/mol. The van der Waals surface area contributed by atoms with Gasteiger partial charge in [-0.05, 0) is 124 Å². The Hall–Kier alpha value is -1.31. The van der Waals surface area contributed by atoms with Crippen molar-refractivity contribution in [3.8, 4) is 5.75 Å². The van der Waals surface area contributed by atoms with E-state index >= 15 is 0 Å². The molecule has 0 spiro atoms. The summed E-state index contributed by atoms with van der Waals surface area (Å²) in [4.78, 5) is 0. The van der Waals surface area contributed by atoms with Crippen molar-refractivity contribution < 1.29 is 9.13 Å². The lowest BCUT2D eigenvalue weighted by Gasteiger charge is -2.32. The average Bonchev–Trinajstić information content (AvgIpc) is 2.84.